The van der Waals surface area contributed by atoms with Crippen molar-refractivity contribution in [2.24, 2.45) is 0 Å². The zero-order valence-electron chi connectivity index (χ0n) is 9.44. The van der Waals surface area contributed by atoms with E-state index < -0.39 is 0 Å². The van der Waals surface area contributed by atoms with Gasteiger partial charge in [0.1, 0.15) is 0 Å². The number of carbonyl (C=O) groups is 1. The second kappa shape index (κ2) is 4.66. The largest absolute Gasteiger partial charge is 0.360 e. The minimum Gasteiger partial charge on any atom is -0.360 e. The van der Waals surface area contributed by atoms with Crippen LogP contribution in [0.4, 0.5) is 0 Å². The van der Waals surface area contributed by atoms with Gasteiger partial charge in [-0.15, -0.1) is 0 Å². The summed E-state index contributed by atoms with van der Waals surface area (Å²) in [5.41, 5.74) is 2.16. The summed E-state index contributed by atoms with van der Waals surface area (Å²) in [5, 5.41) is 0.925. The second-order valence-electron chi connectivity index (χ2n) is 3.64. The molecule has 0 fully saturated rings. The molecular formula is C15H13NO. The fourth-order valence-electron chi connectivity index (χ4n) is 1.78. The number of hydrogen-bond acceptors (Lipinski definition) is 1. The first-order valence-electron chi connectivity index (χ1n) is 5.34. The topological polar surface area (TPSA) is 32.9 Å². The van der Waals surface area contributed by atoms with E-state index in [-0.39, 0.29) is 5.78 Å². The van der Waals surface area contributed by atoms with Gasteiger partial charge in [-0.1, -0.05) is 49.6 Å². The molecule has 0 saturated heterocycles. The van der Waals surface area contributed by atoms with Crippen LogP contribution in [0.25, 0.3) is 10.9 Å². The maximum absolute atomic E-state index is 12.2. The van der Waals surface area contributed by atoms with Crippen molar-refractivity contribution in [2.75, 3.05) is 0 Å². The van der Waals surface area contributed by atoms with Crippen LogP contribution >= 0.6 is 0 Å². The van der Waals surface area contributed by atoms with Gasteiger partial charge in [0.05, 0.1) is 0 Å². The molecule has 0 aliphatic heterocycles. The first-order valence-corrected chi connectivity index (χ1v) is 5.34. The molecule has 1 heterocycles. The van der Waals surface area contributed by atoms with Crippen LogP contribution in [-0.2, 0) is 0 Å². The second-order valence-corrected chi connectivity index (χ2v) is 3.64. The van der Waals surface area contributed by atoms with E-state index in [1.807, 2.05) is 24.3 Å². The molecular weight excluding hydrogens is 210 g/mol. The van der Waals surface area contributed by atoms with Gasteiger partial charge in [-0.2, -0.15) is 0 Å². The monoisotopic (exact) mass is 223 g/mol. The Morgan fingerprint density at radius 3 is 2.71 bits per heavy atom. The smallest absolute Gasteiger partial charge is 0.195 e. The maximum Gasteiger partial charge on any atom is 0.195 e. The van der Waals surface area contributed by atoms with Crippen LogP contribution in [0.15, 0.2) is 67.4 Å². The van der Waals surface area contributed by atoms with E-state index in [0.717, 1.165) is 10.9 Å². The molecule has 0 unspecified atom stereocenters. The van der Waals surface area contributed by atoms with Gasteiger partial charge >= 0.3 is 0 Å². The number of carbonyl (C=O) groups excluding carboxylic acids is 1. The first kappa shape index (κ1) is 11.1. The molecule has 0 aliphatic carbocycles. The number of H-pyrrole nitrogens is 1. The molecule has 1 N–H and O–H groups in total. The number of para-hydroxylation sites is 1. The lowest BCUT2D eigenvalue weighted by Gasteiger charge is -1.99. The van der Waals surface area contributed by atoms with Crippen LogP contribution in [0.3, 0.4) is 0 Å². The molecule has 2 rings (SSSR count). The minimum absolute atomic E-state index is 0.0441. The Balaban J connectivity index is 2.54. The summed E-state index contributed by atoms with van der Waals surface area (Å²) >= 11 is 0. The summed E-state index contributed by atoms with van der Waals surface area (Å²) in [6.07, 6.45) is 6.53. The van der Waals surface area contributed by atoms with Crippen LogP contribution in [0.2, 0.25) is 0 Å². The van der Waals surface area contributed by atoms with Gasteiger partial charge in [-0.3, -0.25) is 4.79 Å². The lowest BCUT2D eigenvalue weighted by Crippen LogP contribution is -2.00. The summed E-state index contributed by atoms with van der Waals surface area (Å²) in [4.78, 5) is 15.3. The lowest BCUT2D eigenvalue weighted by molar-refractivity contribution is 0.103. The van der Waals surface area contributed by atoms with E-state index >= 15 is 0 Å². The van der Waals surface area contributed by atoms with Crippen molar-refractivity contribution >= 4 is 16.7 Å². The molecule has 0 amide bonds. The van der Waals surface area contributed by atoms with Crippen molar-refractivity contribution in [3.8, 4) is 0 Å². The fraction of sp³-hybridized carbons (Fsp3) is 0. The van der Waals surface area contributed by atoms with Crippen LogP contribution in [0.1, 0.15) is 10.4 Å². The van der Waals surface area contributed by atoms with E-state index in [2.05, 4.69) is 18.1 Å². The summed E-state index contributed by atoms with van der Waals surface area (Å²) in [7, 11) is 0. The predicted octanol–water partition coefficient (Wildman–Crippen LogP) is 3.65. The van der Waals surface area contributed by atoms with E-state index in [9.17, 15) is 4.79 Å². The van der Waals surface area contributed by atoms with Crippen molar-refractivity contribution in [3.05, 3.63) is 73.0 Å². The van der Waals surface area contributed by atoms with Crippen LogP contribution in [-0.4, -0.2) is 10.8 Å². The Morgan fingerprint density at radius 1 is 1.24 bits per heavy atom. The number of Topliss-reactive ketones (excluding diaryl/α,β-unsaturated/α-hetero) is 1. The Morgan fingerprint density at radius 2 is 2.00 bits per heavy atom. The zero-order chi connectivity index (χ0) is 12.3. The number of nitrogens with one attached hydrogen (secondary N) is 1. The Hall–Kier alpha value is -2.35. The molecule has 84 valence electrons. The number of hydrogen-bond donors (Lipinski definition) is 1. The number of fused-ring (bicyclic) bond motifs is 1. The highest BCUT2D eigenvalue weighted by atomic mass is 16.1. The summed E-state index contributed by atoms with van der Waals surface area (Å²) in [6.45, 7) is 7.23. The van der Waals surface area contributed by atoms with Crippen LogP contribution < -0.4 is 0 Å². The van der Waals surface area contributed by atoms with Gasteiger partial charge < -0.3 is 4.98 Å². The van der Waals surface area contributed by atoms with Crippen molar-refractivity contribution < 1.29 is 4.79 Å². The molecule has 1 aromatic carbocycles. The minimum atomic E-state index is -0.0441. The van der Waals surface area contributed by atoms with Crippen LogP contribution in [0.5, 0.6) is 0 Å². The highest BCUT2D eigenvalue weighted by Gasteiger charge is 2.13. The normalized spacial score (nSPS) is 11.4. The van der Waals surface area contributed by atoms with E-state index in [1.165, 1.54) is 0 Å². The number of rotatable bonds is 4. The van der Waals surface area contributed by atoms with Crippen molar-refractivity contribution in [1.82, 2.24) is 4.98 Å². The quantitative estimate of drug-likeness (QED) is 0.479. The molecule has 17 heavy (non-hydrogen) atoms. The number of benzene rings is 1. The van der Waals surface area contributed by atoms with Crippen molar-refractivity contribution in [2.45, 2.75) is 0 Å². The number of allylic oxidation sites excluding steroid dienone is 4. The van der Waals surface area contributed by atoms with E-state index in [4.69, 9.17) is 0 Å². The zero-order valence-corrected chi connectivity index (χ0v) is 9.44. The molecule has 2 heteroatoms. The molecule has 0 aliphatic rings. The molecule has 0 atom stereocenters. The van der Waals surface area contributed by atoms with Gasteiger partial charge in [0.2, 0.25) is 0 Å². The predicted molar refractivity (Wildman–Crippen MR) is 71.1 cm³/mol. The first-order chi connectivity index (χ1) is 8.27. The highest BCUT2D eigenvalue weighted by Crippen LogP contribution is 2.20. The average molecular weight is 223 g/mol. The van der Waals surface area contributed by atoms with Gasteiger partial charge in [0.25, 0.3) is 0 Å². The van der Waals surface area contributed by atoms with E-state index in [0.29, 0.717) is 11.1 Å². The third kappa shape index (κ3) is 1.97. The summed E-state index contributed by atoms with van der Waals surface area (Å²) < 4.78 is 0. The lowest BCUT2D eigenvalue weighted by atomic mass is 10.0. The van der Waals surface area contributed by atoms with Gasteiger partial charge in [-0.25, -0.2) is 0 Å². The van der Waals surface area contributed by atoms with Crippen molar-refractivity contribution in [3.63, 3.8) is 0 Å². The number of ketones is 1. The molecule has 0 saturated carbocycles. The Bertz CT molecular complexity index is 617. The van der Waals surface area contributed by atoms with Gasteiger partial charge in [-0.05, 0) is 6.07 Å². The number of aromatic nitrogens is 1. The van der Waals surface area contributed by atoms with E-state index in [1.54, 1.807) is 24.4 Å². The molecule has 2 nitrogen and oxygen atoms in total. The molecule has 2 aromatic rings. The summed E-state index contributed by atoms with van der Waals surface area (Å²) in [5.74, 6) is -0.0441. The molecule has 1 aromatic heterocycles. The van der Waals surface area contributed by atoms with Gasteiger partial charge in [0.15, 0.2) is 5.78 Å². The van der Waals surface area contributed by atoms with Crippen LogP contribution in [0, 0.1) is 0 Å². The number of aromatic amines is 1. The third-order valence-corrected chi connectivity index (χ3v) is 2.61. The average Bonchev–Trinajstić information content (AvgIpc) is 2.79. The fourth-order valence-corrected chi connectivity index (χ4v) is 1.78. The highest BCUT2D eigenvalue weighted by molar-refractivity contribution is 6.17. The Kier molecular flexibility index (Phi) is 3.06. The van der Waals surface area contributed by atoms with Gasteiger partial charge in [0, 0.05) is 28.2 Å². The van der Waals surface area contributed by atoms with Crippen molar-refractivity contribution in [1.29, 1.82) is 0 Å². The Labute approximate surface area is 100.0 Å². The molecule has 0 bridgehead atoms. The molecule has 0 radical (unpaired) electrons. The molecule has 0 spiro atoms. The standard InChI is InChI=1S/C15H13NO/c1-3-7-11(4-2)15(17)13-10-16-14-9-6-5-8-12(13)14/h3-10,16H,1-2H2/b11-7+. The third-order valence-electron chi connectivity index (χ3n) is 2.61. The summed E-state index contributed by atoms with van der Waals surface area (Å²) in [6, 6.07) is 7.71. The maximum atomic E-state index is 12.2. The SMILES string of the molecule is C=C/C=C(\C=C)C(=O)c1c[nH]c2ccccc12.